The molecular formula is C9H9N3O. The van der Waals surface area contributed by atoms with Gasteiger partial charge in [-0.05, 0) is 19.1 Å². The van der Waals surface area contributed by atoms with Crippen molar-refractivity contribution in [3.63, 3.8) is 0 Å². The number of aromatic amines is 1. The van der Waals surface area contributed by atoms with Gasteiger partial charge in [0.05, 0.1) is 5.69 Å². The van der Waals surface area contributed by atoms with Gasteiger partial charge in [-0.2, -0.15) is 5.10 Å². The molecule has 0 aliphatic carbocycles. The lowest BCUT2D eigenvalue weighted by Crippen LogP contribution is -1.86. The van der Waals surface area contributed by atoms with Crippen LogP contribution >= 0.6 is 0 Å². The highest BCUT2D eigenvalue weighted by Gasteiger charge is 2.04. The second-order valence-corrected chi connectivity index (χ2v) is 2.90. The van der Waals surface area contributed by atoms with Gasteiger partial charge in [0.15, 0.2) is 5.65 Å². The van der Waals surface area contributed by atoms with Crippen LogP contribution in [0.3, 0.4) is 0 Å². The van der Waals surface area contributed by atoms with Gasteiger partial charge in [0.1, 0.15) is 6.29 Å². The third kappa shape index (κ3) is 1.30. The van der Waals surface area contributed by atoms with Crippen LogP contribution in [-0.2, 0) is 11.2 Å². The van der Waals surface area contributed by atoms with E-state index in [1.165, 1.54) is 0 Å². The Morgan fingerprint density at radius 1 is 1.54 bits per heavy atom. The Balaban J connectivity index is 2.61. The topological polar surface area (TPSA) is 58.6 Å². The van der Waals surface area contributed by atoms with Crippen molar-refractivity contribution in [2.75, 3.05) is 0 Å². The van der Waals surface area contributed by atoms with Crippen molar-refractivity contribution in [3.8, 4) is 0 Å². The van der Waals surface area contributed by atoms with Gasteiger partial charge in [0.2, 0.25) is 0 Å². The molecule has 0 spiro atoms. The predicted molar refractivity (Wildman–Crippen MR) is 48.4 cm³/mol. The van der Waals surface area contributed by atoms with Crippen LogP contribution in [0.1, 0.15) is 11.4 Å². The molecule has 4 nitrogen and oxygen atoms in total. The van der Waals surface area contributed by atoms with Gasteiger partial charge >= 0.3 is 0 Å². The molecule has 0 aliphatic rings. The Hall–Kier alpha value is -1.71. The van der Waals surface area contributed by atoms with Crippen molar-refractivity contribution in [3.05, 3.63) is 23.5 Å². The molecule has 1 N–H and O–H groups in total. The van der Waals surface area contributed by atoms with Crippen LogP contribution in [0.25, 0.3) is 11.0 Å². The average Bonchev–Trinajstić information content (AvgIpc) is 2.49. The number of aromatic nitrogens is 3. The monoisotopic (exact) mass is 175 g/mol. The van der Waals surface area contributed by atoms with E-state index in [4.69, 9.17) is 0 Å². The smallest absolute Gasteiger partial charge is 0.181 e. The second kappa shape index (κ2) is 2.97. The molecular weight excluding hydrogens is 166 g/mol. The number of pyridine rings is 1. The number of nitrogens with one attached hydrogen (secondary N) is 1. The molecule has 2 aromatic rings. The first-order valence-electron chi connectivity index (χ1n) is 4.05. The Labute approximate surface area is 75.0 Å². The molecule has 0 amide bonds. The van der Waals surface area contributed by atoms with Gasteiger partial charge in [-0.25, -0.2) is 4.98 Å². The van der Waals surface area contributed by atoms with E-state index in [9.17, 15) is 4.79 Å². The normalized spacial score (nSPS) is 10.5. The number of H-pyrrole nitrogens is 1. The van der Waals surface area contributed by atoms with Gasteiger partial charge in [-0.15, -0.1) is 0 Å². The van der Waals surface area contributed by atoms with Crippen molar-refractivity contribution in [2.24, 2.45) is 0 Å². The van der Waals surface area contributed by atoms with Crippen molar-refractivity contribution >= 4 is 17.3 Å². The molecule has 0 saturated heterocycles. The Kier molecular flexibility index (Phi) is 1.81. The Morgan fingerprint density at radius 3 is 3.15 bits per heavy atom. The molecule has 66 valence electrons. The fraction of sp³-hybridized carbons (Fsp3) is 0.222. The van der Waals surface area contributed by atoms with Crippen LogP contribution in [0.2, 0.25) is 0 Å². The van der Waals surface area contributed by atoms with Crippen LogP contribution in [0.15, 0.2) is 12.1 Å². The molecule has 0 bridgehead atoms. The molecule has 0 aliphatic heterocycles. The summed E-state index contributed by atoms with van der Waals surface area (Å²) in [4.78, 5) is 14.5. The number of hydrogen-bond donors (Lipinski definition) is 1. The largest absolute Gasteiger partial charge is 0.303 e. The fourth-order valence-electron chi connectivity index (χ4n) is 1.28. The summed E-state index contributed by atoms with van der Waals surface area (Å²) in [5, 5.41) is 7.73. The van der Waals surface area contributed by atoms with Crippen molar-refractivity contribution in [1.82, 2.24) is 15.2 Å². The summed E-state index contributed by atoms with van der Waals surface area (Å²) in [5.74, 6) is 0. The average molecular weight is 175 g/mol. The van der Waals surface area contributed by atoms with Gasteiger partial charge in [-0.3, -0.25) is 5.10 Å². The lowest BCUT2D eigenvalue weighted by molar-refractivity contribution is -0.107. The second-order valence-electron chi connectivity index (χ2n) is 2.90. The zero-order valence-electron chi connectivity index (χ0n) is 7.24. The summed E-state index contributed by atoms with van der Waals surface area (Å²) >= 11 is 0. The highest BCUT2D eigenvalue weighted by molar-refractivity contribution is 5.80. The highest BCUT2D eigenvalue weighted by Crippen LogP contribution is 2.13. The zero-order valence-corrected chi connectivity index (χ0v) is 7.24. The van der Waals surface area contributed by atoms with E-state index in [1.807, 2.05) is 19.1 Å². The summed E-state index contributed by atoms with van der Waals surface area (Å²) in [6.45, 7) is 1.91. The lowest BCUT2D eigenvalue weighted by Gasteiger charge is -1.91. The number of aldehydes is 1. The first-order chi connectivity index (χ1) is 6.31. The van der Waals surface area contributed by atoms with Gasteiger partial charge in [-0.1, -0.05) is 0 Å². The van der Waals surface area contributed by atoms with Crippen LogP contribution in [-0.4, -0.2) is 21.5 Å². The molecule has 0 atom stereocenters. The molecule has 0 saturated carbocycles. The first kappa shape index (κ1) is 7.91. The molecule has 2 rings (SSSR count). The Bertz CT molecular complexity index is 447. The summed E-state index contributed by atoms with van der Waals surface area (Å²) in [6, 6.07) is 3.84. The SMILES string of the molecule is Cc1ccc2c(CC=O)[nH]nc2n1. The third-order valence-electron chi connectivity index (χ3n) is 1.92. The number of nitrogens with zero attached hydrogens (tertiary/aromatic N) is 2. The predicted octanol–water partition coefficient (Wildman–Crippen LogP) is 1.01. The summed E-state index contributed by atoms with van der Waals surface area (Å²) in [5.41, 5.74) is 2.44. The van der Waals surface area contributed by atoms with Gasteiger partial charge in [0.25, 0.3) is 0 Å². The molecule has 13 heavy (non-hydrogen) atoms. The molecule has 2 aromatic heterocycles. The Morgan fingerprint density at radius 2 is 2.38 bits per heavy atom. The maximum atomic E-state index is 10.3. The van der Waals surface area contributed by atoms with E-state index in [2.05, 4.69) is 15.2 Å². The minimum absolute atomic E-state index is 0.362. The molecule has 0 radical (unpaired) electrons. The van der Waals surface area contributed by atoms with E-state index in [1.54, 1.807) is 0 Å². The number of aryl methyl sites for hydroxylation is 1. The van der Waals surface area contributed by atoms with E-state index in [0.29, 0.717) is 12.1 Å². The van der Waals surface area contributed by atoms with Gasteiger partial charge < -0.3 is 4.79 Å². The molecule has 0 unspecified atom stereocenters. The van der Waals surface area contributed by atoms with Crippen LogP contribution in [0, 0.1) is 6.92 Å². The standard InChI is InChI=1S/C9H9N3O/c1-6-2-3-7-8(4-5-13)11-12-9(7)10-6/h2-3,5H,4H2,1H3,(H,10,11,12). The third-order valence-corrected chi connectivity index (χ3v) is 1.92. The summed E-state index contributed by atoms with van der Waals surface area (Å²) < 4.78 is 0. The van der Waals surface area contributed by atoms with Crippen LogP contribution in [0.4, 0.5) is 0 Å². The van der Waals surface area contributed by atoms with E-state index >= 15 is 0 Å². The van der Waals surface area contributed by atoms with Crippen molar-refractivity contribution < 1.29 is 4.79 Å². The minimum atomic E-state index is 0.362. The summed E-state index contributed by atoms with van der Waals surface area (Å²) in [6.07, 6.45) is 1.22. The quantitative estimate of drug-likeness (QED) is 0.693. The first-order valence-corrected chi connectivity index (χ1v) is 4.05. The van der Waals surface area contributed by atoms with Crippen molar-refractivity contribution in [2.45, 2.75) is 13.3 Å². The van der Waals surface area contributed by atoms with E-state index in [-0.39, 0.29) is 0 Å². The maximum Gasteiger partial charge on any atom is 0.181 e. The number of carbonyl (C=O) groups is 1. The maximum absolute atomic E-state index is 10.3. The molecule has 0 aromatic carbocycles. The van der Waals surface area contributed by atoms with Crippen LogP contribution < -0.4 is 0 Å². The molecule has 0 fully saturated rings. The minimum Gasteiger partial charge on any atom is -0.303 e. The molecule has 2 heterocycles. The number of hydrogen-bond acceptors (Lipinski definition) is 3. The van der Waals surface area contributed by atoms with Gasteiger partial charge in [0, 0.05) is 17.5 Å². The molecule has 4 heteroatoms. The number of carbonyl (C=O) groups excluding carboxylic acids is 1. The highest BCUT2D eigenvalue weighted by atomic mass is 16.1. The van der Waals surface area contributed by atoms with Crippen LogP contribution in [0.5, 0.6) is 0 Å². The fourth-order valence-corrected chi connectivity index (χ4v) is 1.28. The summed E-state index contributed by atoms with van der Waals surface area (Å²) in [7, 11) is 0. The van der Waals surface area contributed by atoms with E-state index in [0.717, 1.165) is 23.1 Å². The van der Waals surface area contributed by atoms with Crippen molar-refractivity contribution in [1.29, 1.82) is 0 Å². The lowest BCUT2D eigenvalue weighted by atomic mass is 10.2. The van der Waals surface area contributed by atoms with E-state index < -0.39 is 0 Å². The zero-order chi connectivity index (χ0) is 9.26. The number of rotatable bonds is 2. The number of fused-ring (bicyclic) bond motifs is 1.